The van der Waals surface area contributed by atoms with Crippen LogP contribution in [0.2, 0.25) is 0 Å². The molecule has 0 aromatic heterocycles. The highest BCUT2D eigenvalue weighted by atomic mass is 16.8. The minimum Gasteiger partial charge on any atom is -0.490 e. The van der Waals surface area contributed by atoms with E-state index in [1.807, 2.05) is 0 Å². The van der Waals surface area contributed by atoms with Crippen LogP contribution in [-0.2, 0) is 42.6 Å². The van der Waals surface area contributed by atoms with Crippen LogP contribution in [0.1, 0.15) is 129 Å². The number of hydrogen-bond donors (Lipinski definition) is 0. The fourth-order valence-electron chi connectivity index (χ4n) is 6.20. The molecule has 0 aliphatic rings. The monoisotopic (exact) mass is 620 g/mol. The molecule has 0 N–H and O–H groups in total. The van der Waals surface area contributed by atoms with Gasteiger partial charge in [-0.2, -0.15) is 0 Å². The van der Waals surface area contributed by atoms with Gasteiger partial charge in [-0.3, -0.25) is 0 Å². The first-order valence-electron chi connectivity index (χ1n) is 16.6. The molecule has 0 amide bonds. The van der Waals surface area contributed by atoms with Gasteiger partial charge in [0.05, 0.1) is 21.3 Å². The van der Waals surface area contributed by atoms with Crippen LogP contribution >= 0.6 is 0 Å². The summed E-state index contributed by atoms with van der Waals surface area (Å²) in [5.41, 5.74) is 0. The highest BCUT2D eigenvalue weighted by Gasteiger charge is 2.72. The lowest BCUT2D eigenvalue weighted by Gasteiger charge is -2.53. The maximum atomic E-state index is 6.04. The van der Waals surface area contributed by atoms with Crippen LogP contribution in [0.5, 0.6) is 0 Å². The van der Waals surface area contributed by atoms with Crippen LogP contribution in [0.4, 0.5) is 0 Å². The summed E-state index contributed by atoms with van der Waals surface area (Å²) in [5.74, 6) is -4.96. The van der Waals surface area contributed by atoms with Crippen molar-refractivity contribution in [3.05, 3.63) is 11.7 Å². The molecule has 0 saturated carbocycles. The average Bonchev–Trinajstić information content (AvgIpc) is 3.04. The second-order valence-electron chi connectivity index (χ2n) is 11.2. The Hall–Kier alpha value is -1.10. The highest BCUT2D eigenvalue weighted by Crippen LogP contribution is 2.49. The minimum atomic E-state index is -1.83. The smallest absolute Gasteiger partial charge is 0.324 e. The fraction of sp³-hybridized carbons (Fsp3) is 0.941. The molecule has 0 aromatic carbocycles. The average molecular weight is 621 g/mol. The Morgan fingerprint density at radius 2 is 0.744 bits per heavy atom. The molecule has 258 valence electrons. The van der Waals surface area contributed by atoms with Gasteiger partial charge in [0, 0.05) is 49.1 Å². The quantitative estimate of drug-likeness (QED) is 0.0430. The second kappa shape index (κ2) is 25.1. The van der Waals surface area contributed by atoms with Crippen molar-refractivity contribution < 1.29 is 42.6 Å². The first-order valence-corrected chi connectivity index (χ1v) is 16.6. The summed E-state index contributed by atoms with van der Waals surface area (Å²) >= 11 is 0. The standard InChI is InChI=1S/C34H68O9/c1-11-12-13-14-15-16-17-18-19-20-21-22-23-24-25-26-27-28-29-32(38-5,39-6)34(42-9,43-10)33(40-7,41-8)30(35-2)31(36-3)37-4/h11-29H2,1-10H3. The first kappa shape index (κ1) is 41.9. The number of rotatable bonds is 31. The van der Waals surface area contributed by atoms with Gasteiger partial charge in [-0.25, -0.2) is 0 Å². The summed E-state index contributed by atoms with van der Waals surface area (Å²) in [7, 11) is 13.3. The molecule has 0 aromatic rings. The van der Waals surface area contributed by atoms with Gasteiger partial charge in [0.25, 0.3) is 11.6 Å². The van der Waals surface area contributed by atoms with Gasteiger partial charge in [0.15, 0.2) is 0 Å². The Morgan fingerprint density at radius 1 is 0.395 bits per heavy atom. The SMILES string of the molecule is CCCCCCCCCCCCCCCCCCCCC(OC)(OC)C(OC)(OC)C(OC)(OC)C(OC)=C(OC)OC. The molecule has 0 radical (unpaired) electrons. The number of methoxy groups -OCH3 is 9. The largest absolute Gasteiger partial charge is 0.490 e. The summed E-state index contributed by atoms with van der Waals surface area (Å²) in [4.78, 5) is 0. The van der Waals surface area contributed by atoms with Crippen LogP contribution < -0.4 is 0 Å². The zero-order chi connectivity index (χ0) is 32.5. The summed E-state index contributed by atoms with van der Waals surface area (Å²) in [5, 5.41) is 0. The molecule has 0 rings (SSSR count). The van der Waals surface area contributed by atoms with E-state index in [-0.39, 0.29) is 11.7 Å². The molecule has 0 heterocycles. The third kappa shape index (κ3) is 12.0. The molecule has 0 spiro atoms. The molecule has 0 aliphatic carbocycles. The van der Waals surface area contributed by atoms with Gasteiger partial charge < -0.3 is 42.6 Å². The van der Waals surface area contributed by atoms with Crippen molar-refractivity contribution in [1.82, 2.24) is 0 Å². The number of hydrogen-bond acceptors (Lipinski definition) is 9. The summed E-state index contributed by atoms with van der Waals surface area (Å²) < 4.78 is 52.5. The van der Waals surface area contributed by atoms with Gasteiger partial charge in [-0.15, -0.1) is 0 Å². The van der Waals surface area contributed by atoms with Gasteiger partial charge in [0.1, 0.15) is 0 Å². The predicted octanol–water partition coefficient (Wildman–Crippen LogP) is 8.49. The lowest BCUT2D eigenvalue weighted by molar-refractivity contribution is -0.474. The van der Waals surface area contributed by atoms with Crippen LogP contribution in [0.3, 0.4) is 0 Å². The Morgan fingerprint density at radius 3 is 1.00 bits per heavy atom. The van der Waals surface area contributed by atoms with E-state index < -0.39 is 17.4 Å². The molecule has 0 atom stereocenters. The molecule has 0 bridgehead atoms. The summed E-state index contributed by atoms with van der Waals surface area (Å²) in [6, 6.07) is 0. The summed E-state index contributed by atoms with van der Waals surface area (Å²) in [6.07, 6.45) is 23.9. The van der Waals surface area contributed by atoms with Crippen molar-refractivity contribution >= 4 is 0 Å². The molecule has 0 unspecified atom stereocenters. The molecule has 0 fully saturated rings. The Balaban J connectivity index is 4.88. The molecular formula is C34H68O9. The van der Waals surface area contributed by atoms with E-state index in [0.29, 0.717) is 6.42 Å². The molecule has 43 heavy (non-hydrogen) atoms. The first-order chi connectivity index (χ1) is 20.9. The van der Waals surface area contributed by atoms with E-state index in [0.717, 1.165) is 19.3 Å². The summed E-state index contributed by atoms with van der Waals surface area (Å²) in [6.45, 7) is 2.28. The third-order valence-electron chi connectivity index (χ3n) is 8.66. The lowest BCUT2D eigenvalue weighted by atomic mass is 9.88. The van der Waals surface area contributed by atoms with E-state index in [2.05, 4.69) is 6.92 Å². The third-order valence-corrected chi connectivity index (χ3v) is 8.66. The zero-order valence-corrected chi connectivity index (χ0v) is 29.6. The zero-order valence-electron chi connectivity index (χ0n) is 29.6. The van der Waals surface area contributed by atoms with Crippen molar-refractivity contribution in [1.29, 1.82) is 0 Å². The van der Waals surface area contributed by atoms with Gasteiger partial charge in [0.2, 0.25) is 11.5 Å². The Labute approximate surface area is 264 Å². The topological polar surface area (TPSA) is 83.1 Å². The van der Waals surface area contributed by atoms with Gasteiger partial charge in [-0.1, -0.05) is 116 Å². The Kier molecular flexibility index (Phi) is 24.5. The molecule has 9 heteroatoms. The predicted molar refractivity (Wildman–Crippen MR) is 172 cm³/mol. The van der Waals surface area contributed by atoms with Crippen LogP contribution in [0.25, 0.3) is 0 Å². The molecular weight excluding hydrogens is 552 g/mol. The number of unbranched alkanes of at least 4 members (excludes halogenated alkanes) is 17. The van der Waals surface area contributed by atoms with Crippen molar-refractivity contribution in [3.8, 4) is 0 Å². The van der Waals surface area contributed by atoms with E-state index in [9.17, 15) is 0 Å². The Bertz CT molecular complexity index is 665. The van der Waals surface area contributed by atoms with Gasteiger partial charge in [-0.05, 0) is 6.42 Å². The van der Waals surface area contributed by atoms with E-state index in [4.69, 9.17) is 42.6 Å². The van der Waals surface area contributed by atoms with E-state index >= 15 is 0 Å². The van der Waals surface area contributed by atoms with Crippen molar-refractivity contribution in [2.45, 2.75) is 146 Å². The normalized spacial score (nSPS) is 12.4. The van der Waals surface area contributed by atoms with Crippen LogP contribution in [0, 0.1) is 0 Å². The fourth-order valence-corrected chi connectivity index (χ4v) is 6.20. The van der Waals surface area contributed by atoms with E-state index in [1.165, 1.54) is 146 Å². The maximum absolute atomic E-state index is 6.04. The number of ether oxygens (including phenoxy) is 9. The van der Waals surface area contributed by atoms with Crippen LogP contribution in [0.15, 0.2) is 11.7 Å². The van der Waals surface area contributed by atoms with Crippen molar-refractivity contribution in [3.63, 3.8) is 0 Å². The highest BCUT2D eigenvalue weighted by molar-refractivity contribution is 5.18. The molecule has 0 saturated heterocycles. The van der Waals surface area contributed by atoms with Crippen LogP contribution in [-0.4, -0.2) is 81.3 Å². The second-order valence-corrected chi connectivity index (χ2v) is 11.2. The van der Waals surface area contributed by atoms with Crippen molar-refractivity contribution in [2.75, 3.05) is 64.0 Å². The lowest BCUT2D eigenvalue weighted by Crippen LogP contribution is -2.73. The van der Waals surface area contributed by atoms with Gasteiger partial charge >= 0.3 is 5.95 Å². The maximum Gasteiger partial charge on any atom is 0.324 e. The minimum absolute atomic E-state index is 0.0268. The molecule has 0 aliphatic heterocycles. The molecule has 9 nitrogen and oxygen atoms in total. The van der Waals surface area contributed by atoms with Crippen molar-refractivity contribution in [2.24, 2.45) is 0 Å². The van der Waals surface area contributed by atoms with E-state index in [1.54, 1.807) is 14.2 Å².